The van der Waals surface area contributed by atoms with E-state index >= 15 is 0 Å². The number of allylic oxidation sites excluding steroid dienone is 14. The molecule has 0 radical (unpaired) electrons. The van der Waals surface area contributed by atoms with Gasteiger partial charge in [0.15, 0.2) is 6.10 Å². The van der Waals surface area contributed by atoms with Crippen molar-refractivity contribution in [2.45, 2.75) is 185 Å². The monoisotopic (exact) mass is 881 g/mol. The number of carbonyl (C=O) groups is 2. The number of carbonyl (C=O) groups excluding carboxylic acids is 2. The average molecular weight is 881 g/mol. The molecule has 1 rings (SSSR count). The van der Waals surface area contributed by atoms with Crippen molar-refractivity contribution in [1.82, 2.24) is 0 Å². The second-order valence-corrected chi connectivity index (χ2v) is 16.6. The van der Waals surface area contributed by atoms with Crippen LogP contribution in [0.3, 0.4) is 0 Å². The van der Waals surface area contributed by atoms with Crippen LogP contribution < -0.4 is 0 Å². The van der Waals surface area contributed by atoms with E-state index in [1.54, 1.807) is 0 Å². The lowest BCUT2D eigenvalue weighted by Gasteiger charge is -2.41. The summed E-state index contributed by atoms with van der Waals surface area (Å²) in [4.78, 5) is 35.6. The molecule has 0 saturated heterocycles. The number of aliphatic hydroxyl groups excluding tert-OH is 5. The maximum Gasteiger partial charge on any atom is 0.472 e. The van der Waals surface area contributed by atoms with Gasteiger partial charge in [-0.1, -0.05) is 131 Å². The highest BCUT2D eigenvalue weighted by Crippen LogP contribution is 2.47. The molecule has 0 aromatic carbocycles. The van der Waals surface area contributed by atoms with Gasteiger partial charge in [0.1, 0.15) is 43.2 Å². The zero-order chi connectivity index (χ0) is 45.0. The van der Waals surface area contributed by atoms with Crippen molar-refractivity contribution < 1.29 is 63.1 Å². The first-order valence-electron chi connectivity index (χ1n) is 22.4. The molecule has 0 heterocycles. The number of hydrogen-bond donors (Lipinski definition) is 6. The van der Waals surface area contributed by atoms with E-state index in [1.807, 2.05) is 12.2 Å². The molecule has 0 amide bonds. The quantitative estimate of drug-likeness (QED) is 0.0153. The van der Waals surface area contributed by atoms with E-state index in [2.05, 4.69) is 86.8 Å². The van der Waals surface area contributed by atoms with Crippen molar-refractivity contribution in [3.63, 3.8) is 0 Å². The van der Waals surface area contributed by atoms with Gasteiger partial charge in [-0.2, -0.15) is 0 Å². The first-order valence-corrected chi connectivity index (χ1v) is 23.9. The zero-order valence-electron chi connectivity index (χ0n) is 36.7. The SMILES string of the molecule is CC/C=C\C/C=C\C/C=C\C/C=C\C/C=C\CCCC(=O)OC[C@H](COP(=O)(O)OC1C(O)C(O)C(O)[C@@H](O)C1O)OC(=O)CCCCCCC/C=C\C/C=C\CCCCC. The highest BCUT2D eigenvalue weighted by molar-refractivity contribution is 7.47. The Kier molecular flexibility index (Phi) is 33.5. The number of hydrogen-bond acceptors (Lipinski definition) is 12. The molecule has 0 spiro atoms. The molecule has 1 saturated carbocycles. The van der Waals surface area contributed by atoms with E-state index in [0.29, 0.717) is 19.3 Å². The summed E-state index contributed by atoms with van der Waals surface area (Å²) >= 11 is 0. The second kappa shape index (κ2) is 36.5. The molecule has 348 valence electrons. The van der Waals surface area contributed by atoms with Gasteiger partial charge in [0.05, 0.1) is 6.61 Å². The van der Waals surface area contributed by atoms with Crippen LogP contribution in [0.5, 0.6) is 0 Å². The van der Waals surface area contributed by atoms with Crippen molar-refractivity contribution in [3.05, 3.63) is 85.1 Å². The number of ether oxygens (including phenoxy) is 2. The van der Waals surface area contributed by atoms with Crippen LogP contribution in [0, 0.1) is 0 Å². The zero-order valence-corrected chi connectivity index (χ0v) is 37.6. The van der Waals surface area contributed by atoms with Gasteiger partial charge in [-0.3, -0.25) is 18.6 Å². The number of phosphoric ester groups is 1. The summed E-state index contributed by atoms with van der Waals surface area (Å²) in [6, 6.07) is 0. The maximum atomic E-state index is 12.8. The molecule has 6 N–H and O–H groups in total. The summed E-state index contributed by atoms with van der Waals surface area (Å²) in [6.45, 7) is 3.08. The molecule has 0 aromatic heterocycles. The lowest BCUT2D eigenvalue weighted by Crippen LogP contribution is -2.64. The second-order valence-electron chi connectivity index (χ2n) is 15.2. The fourth-order valence-electron chi connectivity index (χ4n) is 6.12. The average Bonchev–Trinajstić information content (AvgIpc) is 3.24. The summed E-state index contributed by atoms with van der Waals surface area (Å²) < 4.78 is 33.4. The van der Waals surface area contributed by atoms with Gasteiger partial charge in [-0.15, -0.1) is 0 Å². The smallest absolute Gasteiger partial charge is 0.462 e. The van der Waals surface area contributed by atoms with Crippen molar-refractivity contribution in [2.24, 2.45) is 0 Å². The van der Waals surface area contributed by atoms with E-state index in [0.717, 1.165) is 77.0 Å². The van der Waals surface area contributed by atoms with Gasteiger partial charge in [0, 0.05) is 12.8 Å². The number of phosphoric acid groups is 1. The van der Waals surface area contributed by atoms with Crippen LogP contribution in [0.4, 0.5) is 0 Å². The third-order valence-electron chi connectivity index (χ3n) is 9.72. The first kappa shape index (κ1) is 56.0. The summed E-state index contributed by atoms with van der Waals surface area (Å²) in [5, 5.41) is 50.1. The number of rotatable bonds is 35. The summed E-state index contributed by atoms with van der Waals surface area (Å²) in [7, 11) is -5.14. The summed E-state index contributed by atoms with van der Waals surface area (Å²) in [5.74, 6) is -1.19. The largest absolute Gasteiger partial charge is 0.472 e. The van der Waals surface area contributed by atoms with Gasteiger partial charge in [-0.25, -0.2) is 4.57 Å². The fraction of sp³-hybridized carbons (Fsp3) is 0.660. The molecular weight excluding hydrogens is 803 g/mol. The Labute approximate surface area is 365 Å². The predicted octanol–water partition coefficient (Wildman–Crippen LogP) is 8.50. The number of unbranched alkanes of at least 4 members (excludes halogenated alkanes) is 9. The van der Waals surface area contributed by atoms with Crippen LogP contribution in [-0.4, -0.2) is 98.3 Å². The van der Waals surface area contributed by atoms with E-state index in [1.165, 1.54) is 19.3 Å². The highest BCUT2D eigenvalue weighted by Gasteiger charge is 2.51. The number of esters is 2. The van der Waals surface area contributed by atoms with Crippen molar-refractivity contribution >= 4 is 19.8 Å². The van der Waals surface area contributed by atoms with Gasteiger partial charge in [0.2, 0.25) is 0 Å². The normalized spacial score (nSPS) is 22.8. The Morgan fingerprint density at radius 3 is 1.48 bits per heavy atom. The highest BCUT2D eigenvalue weighted by atomic mass is 31.2. The Bertz CT molecular complexity index is 1390. The van der Waals surface area contributed by atoms with Crippen LogP contribution in [0.1, 0.15) is 142 Å². The minimum Gasteiger partial charge on any atom is -0.462 e. The van der Waals surface area contributed by atoms with Gasteiger partial charge in [-0.05, 0) is 83.5 Å². The Balaban J connectivity index is 2.54. The van der Waals surface area contributed by atoms with Crippen molar-refractivity contribution in [2.75, 3.05) is 13.2 Å². The van der Waals surface area contributed by atoms with E-state index in [4.69, 9.17) is 18.5 Å². The lowest BCUT2D eigenvalue weighted by atomic mass is 9.85. The van der Waals surface area contributed by atoms with E-state index in [9.17, 15) is 44.6 Å². The third kappa shape index (κ3) is 29.1. The van der Waals surface area contributed by atoms with Gasteiger partial charge >= 0.3 is 19.8 Å². The standard InChI is InChI=1S/C47H77O13P/c1-3-5-7-9-11-13-15-17-19-20-22-23-25-27-29-31-33-35-40(48)57-37-39(38-58-61(55,56)60-47-45(53)43(51)42(50)44(52)46(47)54)59-41(49)36-34-32-30-28-26-24-21-18-16-14-12-10-8-6-4-2/h5,7,11-14,17-19,21-23,27,29,39,42-47,50-54H,3-4,6,8-10,15-16,20,24-26,28,30-38H2,1-2H3,(H,55,56)/b7-5-,13-11-,14-12-,19-17-,21-18-,23-22-,29-27-/t39-,42?,43-,44?,45?,46?,47?/m1/s1. The van der Waals surface area contributed by atoms with E-state index in [-0.39, 0.29) is 12.8 Å². The van der Waals surface area contributed by atoms with Crippen molar-refractivity contribution in [1.29, 1.82) is 0 Å². The molecule has 1 fully saturated rings. The van der Waals surface area contributed by atoms with Gasteiger partial charge in [0.25, 0.3) is 0 Å². The Hall–Kier alpha value is -2.97. The number of aliphatic hydroxyl groups is 5. The lowest BCUT2D eigenvalue weighted by molar-refractivity contribution is -0.220. The molecule has 0 bridgehead atoms. The van der Waals surface area contributed by atoms with Crippen LogP contribution in [0.25, 0.3) is 0 Å². The Morgan fingerprint density at radius 1 is 0.525 bits per heavy atom. The van der Waals surface area contributed by atoms with Crippen LogP contribution in [0.15, 0.2) is 85.1 Å². The predicted molar refractivity (Wildman–Crippen MR) is 239 cm³/mol. The minimum atomic E-state index is -5.14. The summed E-state index contributed by atoms with van der Waals surface area (Å²) in [6.07, 6.45) is 33.6. The fourth-order valence-corrected chi connectivity index (χ4v) is 7.09. The molecule has 0 aromatic rings. The van der Waals surface area contributed by atoms with Crippen molar-refractivity contribution in [3.8, 4) is 0 Å². The molecule has 1 aliphatic carbocycles. The minimum absolute atomic E-state index is 0.0635. The molecule has 6 unspecified atom stereocenters. The molecule has 13 nitrogen and oxygen atoms in total. The Morgan fingerprint density at radius 2 is 0.951 bits per heavy atom. The molecule has 0 aliphatic heterocycles. The molecule has 8 atom stereocenters. The maximum absolute atomic E-state index is 12.8. The summed E-state index contributed by atoms with van der Waals surface area (Å²) in [5.41, 5.74) is 0. The van der Waals surface area contributed by atoms with Crippen LogP contribution in [0.2, 0.25) is 0 Å². The first-order chi connectivity index (χ1) is 29.4. The third-order valence-corrected chi connectivity index (χ3v) is 10.7. The molecule has 61 heavy (non-hydrogen) atoms. The van der Waals surface area contributed by atoms with E-state index < -0.39 is 75.7 Å². The topological polar surface area (TPSA) is 210 Å². The molecular formula is C47H77O13P. The molecule has 1 aliphatic rings. The molecule has 14 heteroatoms. The van der Waals surface area contributed by atoms with Crippen LogP contribution >= 0.6 is 7.82 Å². The van der Waals surface area contributed by atoms with Gasteiger partial charge < -0.3 is 39.9 Å². The van der Waals surface area contributed by atoms with Crippen LogP contribution in [-0.2, 0) is 32.7 Å².